The second-order valence-corrected chi connectivity index (χ2v) is 3.52. The largest absolute Gasteiger partial charge is 0.390 e. The highest BCUT2D eigenvalue weighted by Gasteiger charge is 2.28. The maximum atomic E-state index is 11.9. The van der Waals surface area contributed by atoms with Crippen LogP contribution in [0.25, 0.3) is 0 Å². The molecule has 2 N–H and O–H groups in total. The van der Waals surface area contributed by atoms with Crippen molar-refractivity contribution in [1.29, 1.82) is 0 Å². The van der Waals surface area contributed by atoms with Crippen molar-refractivity contribution >= 4 is 5.91 Å². The molecule has 0 spiro atoms. The summed E-state index contributed by atoms with van der Waals surface area (Å²) in [4.78, 5) is 12.4. The van der Waals surface area contributed by atoms with Crippen LogP contribution >= 0.6 is 0 Å². The first-order chi connectivity index (χ1) is 6.78. The molecule has 1 atom stereocenters. The molecule has 0 saturated heterocycles. The Kier molecular flexibility index (Phi) is 5.64. The Balaban J connectivity index is 3.99. The number of carbonyl (C=O) groups excluding carboxylic acids is 1. The lowest BCUT2D eigenvalue weighted by Gasteiger charge is -2.21. The van der Waals surface area contributed by atoms with E-state index in [1.54, 1.807) is 0 Å². The minimum absolute atomic E-state index is 0.334. The molecular weight excluding hydrogens is 209 g/mol. The number of likely N-dealkylation sites (N-methyl/N-ethyl adjacent to an activating group) is 1. The van der Waals surface area contributed by atoms with E-state index in [0.717, 1.165) is 11.3 Å². The summed E-state index contributed by atoms with van der Waals surface area (Å²) in [6, 6.07) is -0.687. The Morgan fingerprint density at radius 1 is 1.47 bits per heavy atom. The highest BCUT2D eigenvalue weighted by atomic mass is 19.4. The summed E-state index contributed by atoms with van der Waals surface area (Å²) in [5.74, 6) is -0.430. The SMILES string of the molecule is CCC[C@@H](N)C(=O)N(C)CCC(F)(F)F. The molecule has 0 rings (SSSR count). The summed E-state index contributed by atoms with van der Waals surface area (Å²) in [5, 5.41) is 0. The number of amides is 1. The minimum atomic E-state index is -4.23. The van der Waals surface area contributed by atoms with Crippen LogP contribution in [0.3, 0.4) is 0 Å². The van der Waals surface area contributed by atoms with Gasteiger partial charge in [-0.2, -0.15) is 13.2 Å². The molecule has 1 amide bonds. The number of halogens is 3. The predicted molar refractivity (Wildman–Crippen MR) is 51.2 cm³/mol. The number of rotatable bonds is 5. The number of alkyl halides is 3. The Bertz CT molecular complexity index is 206. The van der Waals surface area contributed by atoms with E-state index >= 15 is 0 Å². The highest BCUT2D eigenvalue weighted by Crippen LogP contribution is 2.19. The van der Waals surface area contributed by atoms with E-state index in [2.05, 4.69) is 0 Å². The van der Waals surface area contributed by atoms with Crippen molar-refractivity contribution in [2.75, 3.05) is 13.6 Å². The van der Waals surface area contributed by atoms with Gasteiger partial charge in [-0.25, -0.2) is 0 Å². The zero-order valence-corrected chi connectivity index (χ0v) is 8.97. The van der Waals surface area contributed by atoms with Crippen LogP contribution in [0.1, 0.15) is 26.2 Å². The summed E-state index contributed by atoms with van der Waals surface area (Å²) in [7, 11) is 1.34. The fraction of sp³-hybridized carbons (Fsp3) is 0.889. The zero-order valence-electron chi connectivity index (χ0n) is 8.97. The topological polar surface area (TPSA) is 46.3 Å². The molecule has 6 heteroatoms. The zero-order chi connectivity index (χ0) is 12.1. The van der Waals surface area contributed by atoms with Crippen LogP contribution in [-0.2, 0) is 4.79 Å². The van der Waals surface area contributed by atoms with Crippen LogP contribution in [0, 0.1) is 0 Å². The van der Waals surface area contributed by atoms with Gasteiger partial charge in [0.25, 0.3) is 0 Å². The van der Waals surface area contributed by atoms with Crippen LogP contribution in [0.15, 0.2) is 0 Å². The van der Waals surface area contributed by atoms with E-state index in [1.807, 2.05) is 6.92 Å². The molecule has 0 unspecified atom stereocenters. The molecule has 0 saturated carbocycles. The van der Waals surface area contributed by atoms with Gasteiger partial charge in [0, 0.05) is 13.6 Å². The summed E-state index contributed by atoms with van der Waals surface area (Å²) >= 11 is 0. The lowest BCUT2D eigenvalue weighted by atomic mass is 10.1. The van der Waals surface area contributed by atoms with E-state index in [9.17, 15) is 18.0 Å². The summed E-state index contributed by atoms with van der Waals surface area (Å²) < 4.78 is 35.6. The quantitative estimate of drug-likeness (QED) is 0.772. The van der Waals surface area contributed by atoms with E-state index < -0.39 is 24.5 Å². The minimum Gasteiger partial charge on any atom is -0.344 e. The van der Waals surface area contributed by atoms with Crippen molar-refractivity contribution in [2.24, 2.45) is 5.73 Å². The molecule has 3 nitrogen and oxygen atoms in total. The van der Waals surface area contributed by atoms with Crippen molar-refractivity contribution in [3.8, 4) is 0 Å². The second-order valence-electron chi connectivity index (χ2n) is 3.52. The lowest BCUT2D eigenvalue weighted by molar-refractivity contribution is -0.144. The van der Waals surface area contributed by atoms with Gasteiger partial charge in [-0.05, 0) is 6.42 Å². The van der Waals surface area contributed by atoms with Crippen LogP contribution < -0.4 is 5.73 Å². The molecule has 0 aliphatic carbocycles. The Hall–Kier alpha value is -0.780. The number of hydrogen-bond acceptors (Lipinski definition) is 2. The molecule has 90 valence electrons. The first kappa shape index (κ1) is 14.2. The van der Waals surface area contributed by atoms with Crippen LogP contribution in [0.4, 0.5) is 13.2 Å². The van der Waals surface area contributed by atoms with Gasteiger partial charge < -0.3 is 10.6 Å². The highest BCUT2D eigenvalue weighted by molar-refractivity contribution is 5.81. The maximum absolute atomic E-state index is 11.9. The van der Waals surface area contributed by atoms with Crippen LogP contribution in [-0.4, -0.2) is 36.6 Å². The Morgan fingerprint density at radius 3 is 2.40 bits per heavy atom. The van der Waals surface area contributed by atoms with Crippen molar-refractivity contribution in [2.45, 2.75) is 38.4 Å². The second kappa shape index (κ2) is 5.95. The van der Waals surface area contributed by atoms with Gasteiger partial charge in [-0.1, -0.05) is 13.3 Å². The van der Waals surface area contributed by atoms with Gasteiger partial charge in [-0.3, -0.25) is 4.79 Å². The third-order valence-electron chi connectivity index (χ3n) is 2.02. The molecule has 0 aromatic rings. The summed E-state index contributed by atoms with van der Waals surface area (Å²) in [6.07, 6.45) is -3.99. The van der Waals surface area contributed by atoms with E-state index in [1.165, 1.54) is 7.05 Å². The average Bonchev–Trinajstić information content (AvgIpc) is 2.12. The van der Waals surface area contributed by atoms with Gasteiger partial charge in [0.2, 0.25) is 5.91 Å². The molecule has 0 aromatic carbocycles. The van der Waals surface area contributed by atoms with Gasteiger partial charge in [0.1, 0.15) is 0 Å². The standard InChI is InChI=1S/C9H17F3N2O/c1-3-4-7(13)8(15)14(2)6-5-9(10,11)12/h7H,3-6,13H2,1-2H3/t7-/m1/s1. The number of nitrogens with two attached hydrogens (primary N) is 1. The first-order valence-corrected chi connectivity index (χ1v) is 4.85. The monoisotopic (exact) mass is 226 g/mol. The molecular formula is C9H17F3N2O. The molecule has 0 radical (unpaired) electrons. The Labute approximate surface area is 87.4 Å². The van der Waals surface area contributed by atoms with E-state index in [-0.39, 0.29) is 6.54 Å². The third kappa shape index (κ3) is 6.33. The lowest BCUT2D eigenvalue weighted by Crippen LogP contribution is -2.42. The van der Waals surface area contributed by atoms with Crippen LogP contribution in [0.2, 0.25) is 0 Å². The summed E-state index contributed by atoms with van der Waals surface area (Å²) in [5.41, 5.74) is 5.50. The normalized spacial score (nSPS) is 13.7. The van der Waals surface area contributed by atoms with E-state index in [4.69, 9.17) is 5.73 Å². The Morgan fingerprint density at radius 2 is 2.00 bits per heavy atom. The number of nitrogens with zero attached hydrogens (tertiary/aromatic N) is 1. The summed E-state index contributed by atoms with van der Waals surface area (Å²) in [6.45, 7) is 1.53. The molecule has 15 heavy (non-hydrogen) atoms. The fourth-order valence-corrected chi connectivity index (χ4v) is 1.12. The molecule has 0 bridgehead atoms. The number of carbonyl (C=O) groups is 1. The molecule has 0 fully saturated rings. The van der Waals surface area contributed by atoms with Gasteiger partial charge in [0.05, 0.1) is 12.5 Å². The molecule has 0 aromatic heterocycles. The van der Waals surface area contributed by atoms with E-state index in [0.29, 0.717) is 6.42 Å². The molecule has 0 heterocycles. The fourth-order valence-electron chi connectivity index (χ4n) is 1.12. The van der Waals surface area contributed by atoms with Crippen molar-refractivity contribution in [1.82, 2.24) is 4.90 Å². The molecule has 0 aliphatic heterocycles. The van der Waals surface area contributed by atoms with Gasteiger partial charge >= 0.3 is 6.18 Å². The first-order valence-electron chi connectivity index (χ1n) is 4.85. The predicted octanol–water partition coefficient (Wildman–Crippen LogP) is 1.52. The maximum Gasteiger partial charge on any atom is 0.390 e. The van der Waals surface area contributed by atoms with Crippen LogP contribution in [0.5, 0.6) is 0 Å². The molecule has 0 aliphatic rings. The number of hydrogen-bond donors (Lipinski definition) is 1. The van der Waals surface area contributed by atoms with Crippen molar-refractivity contribution in [3.05, 3.63) is 0 Å². The third-order valence-corrected chi connectivity index (χ3v) is 2.02. The smallest absolute Gasteiger partial charge is 0.344 e. The van der Waals surface area contributed by atoms with Gasteiger partial charge in [-0.15, -0.1) is 0 Å². The van der Waals surface area contributed by atoms with Crippen molar-refractivity contribution in [3.63, 3.8) is 0 Å². The van der Waals surface area contributed by atoms with Gasteiger partial charge in [0.15, 0.2) is 0 Å². The average molecular weight is 226 g/mol. The van der Waals surface area contributed by atoms with Crippen molar-refractivity contribution < 1.29 is 18.0 Å².